The summed E-state index contributed by atoms with van der Waals surface area (Å²) in [6.45, 7) is 2.03. The van der Waals surface area contributed by atoms with Gasteiger partial charge in [-0.1, -0.05) is 24.3 Å². The number of hydrogen-bond acceptors (Lipinski definition) is 5. The van der Waals surface area contributed by atoms with Crippen molar-refractivity contribution in [1.82, 2.24) is 0 Å². The van der Waals surface area contributed by atoms with E-state index in [1.54, 1.807) is 31.4 Å². The van der Waals surface area contributed by atoms with Gasteiger partial charge in [-0.2, -0.15) is 0 Å². The minimum Gasteiger partial charge on any atom is -0.508 e. The highest BCUT2D eigenvalue weighted by molar-refractivity contribution is 6.04. The highest BCUT2D eigenvalue weighted by Gasteiger charge is 2.52. The van der Waals surface area contributed by atoms with E-state index >= 15 is 0 Å². The third-order valence-corrected chi connectivity index (χ3v) is 10.0. The predicted molar refractivity (Wildman–Crippen MR) is 168 cm³/mol. The van der Waals surface area contributed by atoms with Gasteiger partial charge in [-0.3, -0.25) is 4.79 Å². The molecule has 1 unspecified atom stereocenters. The number of benzene rings is 4. The van der Waals surface area contributed by atoms with Gasteiger partial charge in [-0.05, 0) is 145 Å². The van der Waals surface area contributed by atoms with Gasteiger partial charge in [0.05, 0.1) is 0 Å². The van der Waals surface area contributed by atoms with E-state index in [9.17, 15) is 9.90 Å². The lowest BCUT2D eigenvalue weighted by Gasteiger charge is -2.57. The lowest BCUT2D eigenvalue weighted by molar-refractivity contribution is -0.150. The van der Waals surface area contributed by atoms with Gasteiger partial charge in [0.2, 0.25) is 0 Å². The van der Waals surface area contributed by atoms with Gasteiger partial charge in [0.15, 0.2) is 13.1 Å². The standard InChI is InChI=1S/C37H39NO5/c1-23(41-2)42-22-43-35-18-30-8-7-29(27-3-5-28(6-4-27)36(40)38-32-9-11-33(39)12-10-32)16-31(30)17-34(35)37-19-24-13-25(20-37)15-26(14-24)21-37/h3-12,16-18,23-26,39H,13-15,19-22H2,1-2H3,(H,38,40). The number of anilines is 1. The van der Waals surface area contributed by atoms with Crippen LogP contribution in [0.2, 0.25) is 0 Å². The van der Waals surface area contributed by atoms with Crippen LogP contribution in [0.15, 0.2) is 78.9 Å². The van der Waals surface area contributed by atoms with Crippen molar-refractivity contribution in [3.63, 3.8) is 0 Å². The number of amides is 1. The summed E-state index contributed by atoms with van der Waals surface area (Å²) in [4.78, 5) is 12.8. The molecule has 0 aromatic heterocycles. The lowest BCUT2D eigenvalue weighted by Crippen LogP contribution is -2.48. The third-order valence-electron chi connectivity index (χ3n) is 10.0. The van der Waals surface area contributed by atoms with Crippen molar-refractivity contribution in [2.45, 2.75) is 57.2 Å². The van der Waals surface area contributed by atoms with E-state index in [1.165, 1.54) is 49.5 Å². The fraction of sp³-hybridized carbons (Fsp3) is 0.378. The van der Waals surface area contributed by atoms with Crippen LogP contribution in [-0.4, -0.2) is 31.2 Å². The first-order chi connectivity index (χ1) is 20.9. The number of methoxy groups -OCH3 is 1. The van der Waals surface area contributed by atoms with Crippen molar-refractivity contribution >= 4 is 22.4 Å². The van der Waals surface area contributed by atoms with Crippen molar-refractivity contribution in [1.29, 1.82) is 0 Å². The van der Waals surface area contributed by atoms with E-state index in [0.717, 1.165) is 40.0 Å². The van der Waals surface area contributed by atoms with Crippen LogP contribution >= 0.6 is 0 Å². The fourth-order valence-electron chi connectivity index (χ4n) is 8.25. The van der Waals surface area contributed by atoms with E-state index in [0.29, 0.717) is 11.3 Å². The van der Waals surface area contributed by atoms with E-state index in [2.05, 4.69) is 35.6 Å². The summed E-state index contributed by atoms with van der Waals surface area (Å²) in [5.74, 6) is 3.40. The Bertz CT molecular complexity index is 1590. The Morgan fingerprint density at radius 1 is 0.860 bits per heavy atom. The first-order valence-electron chi connectivity index (χ1n) is 15.4. The molecule has 1 atom stereocenters. The first kappa shape index (κ1) is 27.9. The second-order valence-electron chi connectivity index (χ2n) is 12.9. The molecule has 4 aliphatic carbocycles. The summed E-state index contributed by atoms with van der Waals surface area (Å²) >= 11 is 0. The average Bonchev–Trinajstić information content (AvgIpc) is 3.01. The van der Waals surface area contributed by atoms with Crippen molar-refractivity contribution in [2.24, 2.45) is 17.8 Å². The molecule has 0 saturated heterocycles. The molecule has 0 aliphatic heterocycles. The van der Waals surface area contributed by atoms with Crippen LogP contribution in [0.1, 0.15) is 61.4 Å². The quantitative estimate of drug-likeness (QED) is 0.155. The summed E-state index contributed by atoms with van der Waals surface area (Å²) < 4.78 is 17.4. The molecule has 4 aliphatic rings. The molecule has 4 bridgehead atoms. The summed E-state index contributed by atoms with van der Waals surface area (Å²) in [6, 6.07) is 25.3. The molecule has 222 valence electrons. The van der Waals surface area contributed by atoms with E-state index in [4.69, 9.17) is 14.2 Å². The smallest absolute Gasteiger partial charge is 0.255 e. The zero-order valence-corrected chi connectivity index (χ0v) is 24.8. The summed E-state index contributed by atoms with van der Waals surface area (Å²) in [7, 11) is 1.64. The summed E-state index contributed by atoms with van der Waals surface area (Å²) in [5.41, 5.74) is 4.90. The molecule has 1 amide bonds. The number of aromatic hydroxyl groups is 1. The molecule has 6 heteroatoms. The number of rotatable bonds is 9. The van der Waals surface area contributed by atoms with Gasteiger partial charge in [0.25, 0.3) is 5.91 Å². The second kappa shape index (κ2) is 11.3. The minimum atomic E-state index is -0.323. The second-order valence-corrected chi connectivity index (χ2v) is 12.9. The maximum atomic E-state index is 12.8. The normalized spacial score (nSPS) is 24.7. The Labute approximate surface area is 253 Å². The SMILES string of the molecule is COC(C)OCOc1cc2ccc(-c3ccc(C(=O)Nc4ccc(O)cc4)cc3)cc2cc1C12CC3CC(CC(C3)C1)C2. The van der Waals surface area contributed by atoms with Crippen molar-refractivity contribution in [2.75, 3.05) is 19.2 Å². The zero-order chi connectivity index (χ0) is 29.6. The van der Waals surface area contributed by atoms with E-state index < -0.39 is 0 Å². The Kier molecular flexibility index (Phi) is 7.36. The average molecular weight is 578 g/mol. The van der Waals surface area contributed by atoms with Crippen LogP contribution in [0.4, 0.5) is 5.69 Å². The Hall–Kier alpha value is -3.87. The molecule has 43 heavy (non-hydrogen) atoms. The highest BCUT2D eigenvalue weighted by Crippen LogP contribution is 2.62. The van der Waals surface area contributed by atoms with Gasteiger partial charge in [0, 0.05) is 23.9 Å². The number of phenolic OH excluding ortho intramolecular Hbond substituents is 1. The molecule has 6 nitrogen and oxygen atoms in total. The number of fused-ring (bicyclic) bond motifs is 1. The van der Waals surface area contributed by atoms with Crippen LogP contribution in [-0.2, 0) is 14.9 Å². The van der Waals surface area contributed by atoms with Gasteiger partial charge in [-0.25, -0.2) is 0 Å². The number of carbonyl (C=O) groups excluding carboxylic acids is 1. The largest absolute Gasteiger partial charge is 0.508 e. The lowest BCUT2D eigenvalue weighted by atomic mass is 9.48. The molecule has 4 fully saturated rings. The molecule has 0 heterocycles. The molecule has 4 aromatic carbocycles. The van der Waals surface area contributed by atoms with Crippen LogP contribution < -0.4 is 10.1 Å². The Balaban J connectivity index is 1.18. The van der Waals surface area contributed by atoms with Crippen molar-refractivity contribution < 1.29 is 24.1 Å². The first-order valence-corrected chi connectivity index (χ1v) is 15.4. The zero-order valence-electron chi connectivity index (χ0n) is 24.8. The maximum absolute atomic E-state index is 12.8. The number of nitrogens with one attached hydrogen (secondary N) is 1. The van der Waals surface area contributed by atoms with Crippen LogP contribution in [0.5, 0.6) is 11.5 Å². The molecule has 0 radical (unpaired) electrons. The minimum absolute atomic E-state index is 0.157. The summed E-state index contributed by atoms with van der Waals surface area (Å²) in [5, 5.41) is 14.7. The molecular formula is C37H39NO5. The molecule has 8 rings (SSSR count). The number of hydrogen-bond donors (Lipinski definition) is 2. The molecule has 4 aromatic rings. The van der Waals surface area contributed by atoms with Crippen molar-refractivity contribution in [3.8, 4) is 22.6 Å². The predicted octanol–water partition coefficient (Wildman–Crippen LogP) is 8.28. The number of carbonyl (C=O) groups is 1. The van der Waals surface area contributed by atoms with E-state index in [-0.39, 0.29) is 30.2 Å². The van der Waals surface area contributed by atoms with Crippen LogP contribution in [0.3, 0.4) is 0 Å². The molecule has 4 saturated carbocycles. The molecule has 2 N–H and O–H groups in total. The molecular weight excluding hydrogens is 538 g/mol. The van der Waals surface area contributed by atoms with Gasteiger partial charge in [0.1, 0.15) is 11.5 Å². The van der Waals surface area contributed by atoms with Gasteiger partial charge < -0.3 is 24.6 Å². The topological polar surface area (TPSA) is 77.0 Å². The number of phenols is 1. The van der Waals surface area contributed by atoms with Gasteiger partial charge in [-0.15, -0.1) is 0 Å². The maximum Gasteiger partial charge on any atom is 0.255 e. The third kappa shape index (κ3) is 5.62. The Morgan fingerprint density at radius 3 is 2.16 bits per heavy atom. The number of ether oxygens (including phenoxy) is 3. The van der Waals surface area contributed by atoms with Crippen LogP contribution in [0.25, 0.3) is 21.9 Å². The Morgan fingerprint density at radius 2 is 1.51 bits per heavy atom. The fourth-order valence-corrected chi connectivity index (χ4v) is 8.25. The van der Waals surface area contributed by atoms with Crippen LogP contribution in [0, 0.1) is 17.8 Å². The summed E-state index contributed by atoms with van der Waals surface area (Å²) in [6.07, 6.45) is 7.62. The van der Waals surface area contributed by atoms with E-state index in [1.807, 2.05) is 31.2 Å². The van der Waals surface area contributed by atoms with Crippen molar-refractivity contribution in [3.05, 3.63) is 90.0 Å². The molecule has 0 spiro atoms. The van der Waals surface area contributed by atoms with Gasteiger partial charge >= 0.3 is 0 Å². The monoisotopic (exact) mass is 577 g/mol. The highest BCUT2D eigenvalue weighted by atomic mass is 16.7.